The Morgan fingerprint density at radius 3 is 2.00 bits per heavy atom. The van der Waals surface area contributed by atoms with Gasteiger partial charge in [-0.15, -0.1) is 0 Å². The van der Waals surface area contributed by atoms with Crippen molar-refractivity contribution in [2.75, 3.05) is 0 Å². The first-order chi connectivity index (χ1) is 4.33. The second-order valence-corrected chi connectivity index (χ2v) is 3.75. The quantitative estimate of drug-likeness (QED) is 0.427. The van der Waals surface area contributed by atoms with Gasteiger partial charge in [-0.1, -0.05) is 0 Å². The van der Waals surface area contributed by atoms with E-state index in [0.717, 1.165) is 6.92 Å². The Bertz CT molecular complexity index is 251. The molecule has 0 radical (unpaired) electrons. The van der Waals surface area contributed by atoms with Crippen LogP contribution in [0.4, 0.5) is 0 Å². The average molecular weight is 190 g/mol. The maximum Gasteiger partial charge on any atom is 0.398 e. The van der Waals surface area contributed by atoms with Crippen molar-refractivity contribution < 1.29 is 25.6 Å². The van der Waals surface area contributed by atoms with Gasteiger partial charge in [-0.3, -0.25) is 4.55 Å². The van der Waals surface area contributed by atoms with Crippen LogP contribution in [0.2, 0.25) is 0 Å². The van der Waals surface area contributed by atoms with Gasteiger partial charge in [0.15, 0.2) is 16.1 Å². The molecule has 0 spiro atoms. The van der Waals surface area contributed by atoms with Gasteiger partial charge in [0.1, 0.15) is 0 Å². The minimum absolute atomic E-state index is 0.986. The first-order valence-electron chi connectivity index (χ1n) is 2.12. The molecule has 0 rings (SSSR count). The fourth-order valence-electron chi connectivity index (χ4n) is 0.211. The third-order valence-electron chi connectivity index (χ3n) is 0.558. The maximum atomic E-state index is 9.91. The molecule has 0 heterocycles. The molecular weight excluding hydrogens is 184 g/mol. The molecular formula is C2H6O6S2. The van der Waals surface area contributed by atoms with Gasteiger partial charge in [0, 0.05) is 0 Å². The largest absolute Gasteiger partial charge is 0.398 e. The van der Waals surface area contributed by atoms with E-state index in [-0.39, 0.29) is 0 Å². The molecule has 10 heavy (non-hydrogen) atoms. The highest BCUT2D eigenvalue weighted by Gasteiger charge is 2.13. The van der Waals surface area contributed by atoms with E-state index in [9.17, 15) is 16.8 Å². The van der Waals surface area contributed by atoms with E-state index < -0.39 is 26.5 Å². The normalized spacial score (nSPS) is 15.5. The molecule has 0 aliphatic rings. The second-order valence-electron chi connectivity index (χ2n) is 1.41. The van der Waals surface area contributed by atoms with Crippen LogP contribution in [0.15, 0.2) is 0 Å². The molecule has 0 aromatic heterocycles. The van der Waals surface area contributed by atoms with E-state index >= 15 is 0 Å². The van der Waals surface area contributed by atoms with Crippen LogP contribution in [0, 0.1) is 0 Å². The van der Waals surface area contributed by atoms with E-state index in [1.807, 2.05) is 0 Å². The minimum atomic E-state index is -4.65. The van der Waals surface area contributed by atoms with Crippen LogP contribution >= 0.6 is 0 Å². The van der Waals surface area contributed by atoms with Crippen LogP contribution in [0.1, 0.15) is 6.92 Å². The number of hydrogen-bond donors (Lipinski definition) is 2. The third kappa shape index (κ3) is 4.68. The Balaban J connectivity index is 4.20. The van der Waals surface area contributed by atoms with Crippen molar-refractivity contribution in [3.05, 3.63) is 0 Å². The smallest absolute Gasteiger partial charge is 0.263 e. The fourth-order valence-corrected chi connectivity index (χ4v) is 1.17. The summed E-state index contributed by atoms with van der Waals surface area (Å²) in [5, 5.41) is 0. The monoisotopic (exact) mass is 190 g/mol. The minimum Gasteiger partial charge on any atom is -0.263 e. The number of rotatable bonds is 3. The van der Waals surface area contributed by atoms with Crippen LogP contribution in [-0.4, -0.2) is 26.8 Å². The van der Waals surface area contributed by atoms with Crippen molar-refractivity contribution >= 4 is 21.1 Å². The van der Waals surface area contributed by atoms with Crippen LogP contribution in [0.25, 0.3) is 0 Å². The molecule has 0 saturated carbocycles. The van der Waals surface area contributed by atoms with Crippen LogP contribution in [0.3, 0.4) is 0 Å². The summed E-state index contributed by atoms with van der Waals surface area (Å²) in [6, 6.07) is 0. The number of hydrogen-bond acceptors (Lipinski definition) is 5. The molecule has 62 valence electrons. The zero-order chi connectivity index (χ0) is 8.36. The molecule has 1 unspecified atom stereocenters. The summed E-state index contributed by atoms with van der Waals surface area (Å²) in [5.74, 6) is 0. The van der Waals surface area contributed by atoms with Crippen molar-refractivity contribution in [3.8, 4) is 0 Å². The fraction of sp³-hybridized carbons (Fsp3) is 1.00. The van der Waals surface area contributed by atoms with Gasteiger partial charge in [0.2, 0.25) is 0 Å². The lowest BCUT2D eigenvalue weighted by molar-refractivity contribution is 0.254. The van der Waals surface area contributed by atoms with E-state index in [0.29, 0.717) is 0 Å². The molecule has 0 fully saturated rings. The highest BCUT2D eigenvalue weighted by Crippen LogP contribution is 1.95. The molecule has 1 atom stereocenters. The summed E-state index contributed by atoms with van der Waals surface area (Å²) < 4.78 is 51.0. The highest BCUT2D eigenvalue weighted by molar-refractivity contribution is 7.82. The Morgan fingerprint density at radius 2 is 1.90 bits per heavy atom. The molecule has 0 saturated heterocycles. The Morgan fingerprint density at radius 1 is 1.50 bits per heavy atom. The Hall–Kier alpha value is -0.180. The van der Waals surface area contributed by atoms with Gasteiger partial charge in [0.25, 0.3) is 0 Å². The molecule has 1 N–H and O–H groups in total. The predicted octanol–water partition coefficient (Wildman–Crippen LogP) is -1.24. The van der Waals surface area contributed by atoms with Gasteiger partial charge in [-0.2, -0.15) is 8.42 Å². The van der Waals surface area contributed by atoms with E-state index in [1.54, 1.807) is 0 Å². The second kappa shape index (κ2) is 3.28. The maximum absolute atomic E-state index is 9.91. The molecule has 0 aromatic rings. The van der Waals surface area contributed by atoms with Gasteiger partial charge in [0.05, 0.1) is 0 Å². The predicted molar refractivity (Wildman–Crippen MR) is 32.4 cm³/mol. The van der Waals surface area contributed by atoms with E-state index in [1.165, 1.54) is 0 Å². The molecule has 0 amide bonds. The van der Waals surface area contributed by atoms with Crippen molar-refractivity contribution in [2.45, 2.75) is 12.4 Å². The Labute approximate surface area is 59.7 Å². The molecule has 8 heteroatoms. The standard InChI is InChI=1S/C2H6O6S2/c1-2(9(3)4)8-10(5,6)7/h2,9H,1H3,(H,5,6,7). The van der Waals surface area contributed by atoms with Gasteiger partial charge in [-0.25, -0.2) is 12.6 Å². The molecule has 6 nitrogen and oxygen atoms in total. The molecule has 0 bridgehead atoms. The zero-order valence-electron chi connectivity index (χ0n) is 4.92. The summed E-state index contributed by atoms with van der Waals surface area (Å²) in [6.45, 7) is 0.986. The average Bonchev–Trinajstić information content (AvgIpc) is 1.60. The van der Waals surface area contributed by atoms with Gasteiger partial charge < -0.3 is 0 Å². The van der Waals surface area contributed by atoms with Gasteiger partial charge in [-0.05, 0) is 6.92 Å². The van der Waals surface area contributed by atoms with Crippen LogP contribution < -0.4 is 0 Å². The van der Waals surface area contributed by atoms with E-state index in [4.69, 9.17) is 4.55 Å². The summed E-state index contributed by atoms with van der Waals surface area (Å²) >= 11 is 0. The summed E-state index contributed by atoms with van der Waals surface area (Å²) in [7, 11) is -7.64. The lowest BCUT2D eigenvalue weighted by Crippen LogP contribution is -2.15. The Kier molecular flexibility index (Phi) is 3.22. The highest BCUT2D eigenvalue weighted by atomic mass is 32.3. The summed E-state index contributed by atoms with van der Waals surface area (Å²) in [5.41, 5.74) is -1.52. The van der Waals surface area contributed by atoms with Crippen LogP contribution in [0.5, 0.6) is 0 Å². The molecule has 0 aliphatic carbocycles. The van der Waals surface area contributed by atoms with Crippen molar-refractivity contribution in [3.63, 3.8) is 0 Å². The summed E-state index contributed by atoms with van der Waals surface area (Å²) in [6.07, 6.45) is 0. The SMILES string of the molecule is CC(OS(=O)(=O)O)[SH](=O)=O. The topological polar surface area (TPSA) is 97.7 Å². The van der Waals surface area contributed by atoms with E-state index in [2.05, 4.69) is 4.18 Å². The molecule has 0 aromatic carbocycles. The lowest BCUT2D eigenvalue weighted by Gasteiger charge is -1.99. The number of thiol groups is 1. The van der Waals surface area contributed by atoms with Crippen molar-refractivity contribution in [2.24, 2.45) is 0 Å². The van der Waals surface area contributed by atoms with Gasteiger partial charge >= 0.3 is 10.4 Å². The van der Waals surface area contributed by atoms with Crippen LogP contribution in [-0.2, 0) is 25.3 Å². The molecule has 0 aliphatic heterocycles. The zero-order valence-corrected chi connectivity index (χ0v) is 6.63. The van der Waals surface area contributed by atoms with Crippen molar-refractivity contribution in [1.29, 1.82) is 0 Å². The first-order valence-corrected chi connectivity index (χ1v) is 4.73. The summed E-state index contributed by atoms with van der Waals surface area (Å²) in [4.78, 5) is 0. The van der Waals surface area contributed by atoms with Crippen molar-refractivity contribution in [1.82, 2.24) is 0 Å². The first kappa shape index (κ1) is 9.82. The third-order valence-corrected chi connectivity index (χ3v) is 1.93. The lowest BCUT2D eigenvalue weighted by atomic mass is 10.9.